The zero-order valence-corrected chi connectivity index (χ0v) is 33.5. The summed E-state index contributed by atoms with van der Waals surface area (Å²) in [4.78, 5) is 2.38. The van der Waals surface area contributed by atoms with Gasteiger partial charge in [-0.3, -0.25) is 0 Å². The highest BCUT2D eigenvalue weighted by atomic mass is 16.3. The molecule has 290 valence electrons. The minimum Gasteiger partial charge on any atom is -0.455 e. The monoisotopic (exact) mass is 792 g/mol. The Morgan fingerprint density at radius 3 is 1.68 bits per heavy atom. The molecule has 0 aliphatic rings. The van der Waals surface area contributed by atoms with E-state index in [4.69, 9.17) is 8.83 Å². The Balaban J connectivity index is 1.05. The highest BCUT2D eigenvalue weighted by Crippen LogP contribution is 2.48. The molecule has 0 amide bonds. The molecule has 0 atom stereocenters. The number of benzene rings is 10. The van der Waals surface area contributed by atoms with Crippen molar-refractivity contribution in [3.63, 3.8) is 0 Å². The molecular formula is C58H36N2O2. The fraction of sp³-hybridized carbons (Fsp3) is 0. The van der Waals surface area contributed by atoms with Gasteiger partial charge < -0.3 is 18.3 Å². The number of hydrogen-bond donors (Lipinski definition) is 0. The number of hydrogen-bond acceptors (Lipinski definition) is 3. The highest BCUT2D eigenvalue weighted by molar-refractivity contribution is 6.14. The molecule has 10 aromatic carbocycles. The topological polar surface area (TPSA) is 34.5 Å². The third-order valence-corrected chi connectivity index (χ3v) is 12.6. The van der Waals surface area contributed by atoms with Gasteiger partial charge in [0, 0.05) is 60.5 Å². The van der Waals surface area contributed by atoms with Crippen LogP contribution in [0.3, 0.4) is 0 Å². The van der Waals surface area contributed by atoms with E-state index in [1.54, 1.807) is 0 Å². The van der Waals surface area contributed by atoms with Crippen molar-refractivity contribution in [1.82, 2.24) is 4.57 Å². The molecule has 13 rings (SSSR count). The molecule has 4 nitrogen and oxygen atoms in total. The molecule has 0 bridgehead atoms. The van der Waals surface area contributed by atoms with Gasteiger partial charge in [0.2, 0.25) is 0 Å². The third-order valence-electron chi connectivity index (χ3n) is 12.6. The van der Waals surface area contributed by atoms with Crippen molar-refractivity contribution in [3.8, 4) is 27.9 Å². The van der Waals surface area contributed by atoms with Crippen LogP contribution in [0.15, 0.2) is 227 Å². The first-order valence-electron chi connectivity index (χ1n) is 21.1. The lowest BCUT2D eigenvalue weighted by molar-refractivity contribution is 0.669. The van der Waals surface area contributed by atoms with E-state index in [2.05, 4.69) is 210 Å². The van der Waals surface area contributed by atoms with E-state index in [1.807, 2.05) is 18.2 Å². The van der Waals surface area contributed by atoms with Crippen molar-refractivity contribution in [3.05, 3.63) is 218 Å². The normalized spacial score (nSPS) is 11.9. The van der Waals surface area contributed by atoms with Gasteiger partial charge in [-0.1, -0.05) is 146 Å². The van der Waals surface area contributed by atoms with Gasteiger partial charge in [-0.05, 0) is 94.7 Å². The fourth-order valence-electron chi connectivity index (χ4n) is 9.75. The van der Waals surface area contributed by atoms with Crippen LogP contribution in [0.1, 0.15) is 0 Å². The molecule has 0 saturated heterocycles. The van der Waals surface area contributed by atoms with E-state index in [9.17, 15) is 0 Å². The predicted octanol–water partition coefficient (Wildman–Crippen LogP) is 16.5. The van der Waals surface area contributed by atoms with Crippen LogP contribution in [-0.2, 0) is 0 Å². The lowest BCUT2D eigenvalue weighted by Crippen LogP contribution is -2.11. The summed E-state index contributed by atoms with van der Waals surface area (Å²) in [7, 11) is 0. The summed E-state index contributed by atoms with van der Waals surface area (Å²) in [6, 6.07) is 78.0. The molecule has 62 heavy (non-hydrogen) atoms. The average molecular weight is 793 g/mol. The van der Waals surface area contributed by atoms with E-state index in [0.29, 0.717) is 0 Å². The predicted molar refractivity (Wildman–Crippen MR) is 258 cm³/mol. The van der Waals surface area contributed by atoms with Crippen LogP contribution in [-0.4, -0.2) is 4.57 Å². The molecule has 13 aromatic rings. The lowest BCUT2D eigenvalue weighted by Gasteiger charge is -2.28. The van der Waals surface area contributed by atoms with Crippen LogP contribution in [0.4, 0.5) is 17.1 Å². The summed E-state index contributed by atoms with van der Waals surface area (Å²) in [5.41, 5.74) is 14.2. The van der Waals surface area contributed by atoms with Gasteiger partial charge in [-0.2, -0.15) is 0 Å². The summed E-state index contributed by atoms with van der Waals surface area (Å²) < 4.78 is 15.8. The highest BCUT2D eigenvalue weighted by Gasteiger charge is 2.24. The van der Waals surface area contributed by atoms with Crippen molar-refractivity contribution in [2.24, 2.45) is 0 Å². The van der Waals surface area contributed by atoms with Crippen LogP contribution >= 0.6 is 0 Å². The van der Waals surface area contributed by atoms with Crippen LogP contribution < -0.4 is 4.90 Å². The molecule has 3 heterocycles. The Hall–Kier alpha value is -8.34. The van der Waals surface area contributed by atoms with Crippen molar-refractivity contribution in [2.75, 3.05) is 4.90 Å². The van der Waals surface area contributed by atoms with Crippen LogP contribution in [0.25, 0.3) is 104 Å². The van der Waals surface area contributed by atoms with Gasteiger partial charge in [0.05, 0.1) is 16.7 Å². The second-order valence-corrected chi connectivity index (χ2v) is 16.0. The molecule has 0 N–H and O–H groups in total. The van der Waals surface area contributed by atoms with Crippen molar-refractivity contribution in [1.29, 1.82) is 0 Å². The van der Waals surface area contributed by atoms with Crippen LogP contribution in [0.2, 0.25) is 0 Å². The maximum absolute atomic E-state index is 6.94. The minimum atomic E-state index is 0.849. The molecule has 0 spiro atoms. The number of para-hydroxylation sites is 5. The molecule has 0 unspecified atom stereocenters. The van der Waals surface area contributed by atoms with E-state index in [1.165, 1.54) is 32.6 Å². The first-order chi connectivity index (χ1) is 30.7. The average Bonchev–Trinajstić information content (AvgIpc) is 4.02. The number of nitrogens with zero attached hydrogens (tertiary/aromatic N) is 2. The van der Waals surface area contributed by atoms with Crippen molar-refractivity contribution in [2.45, 2.75) is 0 Å². The summed E-state index contributed by atoms with van der Waals surface area (Å²) >= 11 is 0. The van der Waals surface area contributed by atoms with Gasteiger partial charge in [-0.15, -0.1) is 0 Å². The summed E-state index contributed by atoms with van der Waals surface area (Å²) in [6.45, 7) is 0. The molecule has 0 saturated carbocycles. The summed E-state index contributed by atoms with van der Waals surface area (Å²) in [5.74, 6) is 0. The molecule has 0 fully saturated rings. The summed E-state index contributed by atoms with van der Waals surface area (Å²) in [6.07, 6.45) is 0. The van der Waals surface area contributed by atoms with Gasteiger partial charge in [0.15, 0.2) is 0 Å². The minimum absolute atomic E-state index is 0.849. The first kappa shape index (κ1) is 34.5. The first-order valence-corrected chi connectivity index (χ1v) is 21.1. The molecule has 0 radical (unpaired) electrons. The Morgan fingerprint density at radius 1 is 0.355 bits per heavy atom. The third kappa shape index (κ3) is 5.27. The van der Waals surface area contributed by atoms with E-state index >= 15 is 0 Å². The Labute approximate surface area is 356 Å². The van der Waals surface area contributed by atoms with Crippen molar-refractivity contribution < 1.29 is 8.83 Å². The van der Waals surface area contributed by atoms with Crippen LogP contribution in [0, 0.1) is 0 Å². The number of rotatable bonds is 6. The molecule has 4 heteroatoms. The van der Waals surface area contributed by atoms with Crippen molar-refractivity contribution >= 4 is 93.5 Å². The Morgan fingerprint density at radius 2 is 0.935 bits per heavy atom. The Kier molecular flexibility index (Phi) is 7.57. The smallest absolute Gasteiger partial charge is 0.145 e. The maximum Gasteiger partial charge on any atom is 0.145 e. The SMILES string of the molecule is c1cc(-c2c(N(c3ccc(-c4cccc5c4oc4ccccc45)cc3)c3ccc4ccccc4c3)ccc3c2oc2ccccc23)cc(-n2c3ccccc3c3ccccc32)c1. The van der Waals surface area contributed by atoms with E-state index in [-0.39, 0.29) is 0 Å². The number of fused-ring (bicyclic) bond motifs is 10. The Bertz CT molecular complexity index is 3830. The maximum atomic E-state index is 6.94. The number of furan rings is 2. The van der Waals surface area contributed by atoms with Crippen LogP contribution in [0.5, 0.6) is 0 Å². The fourth-order valence-corrected chi connectivity index (χ4v) is 9.75. The quantitative estimate of drug-likeness (QED) is 0.168. The van der Waals surface area contributed by atoms with Gasteiger partial charge in [0.25, 0.3) is 0 Å². The second kappa shape index (κ2) is 13.6. The number of anilines is 3. The molecule has 0 aliphatic carbocycles. The molecule has 0 aliphatic heterocycles. The van der Waals surface area contributed by atoms with E-state index in [0.717, 1.165) is 88.9 Å². The largest absolute Gasteiger partial charge is 0.455 e. The van der Waals surface area contributed by atoms with E-state index < -0.39 is 0 Å². The van der Waals surface area contributed by atoms with Gasteiger partial charge in [0.1, 0.15) is 22.3 Å². The lowest BCUT2D eigenvalue weighted by atomic mass is 9.97. The molecular weight excluding hydrogens is 757 g/mol. The van der Waals surface area contributed by atoms with Gasteiger partial charge in [-0.25, -0.2) is 0 Å². The standard InChI is InChI=1S/C58H36N2O2/c1-2-14-39-35-43(32-27-37(39)13-1)59(41-30-28-38(29-31-41)44-21-12-22-49-47-19-5-9-25-54(47)61-57(44)49)53-34-33-50-48-20-6-10-26-55(48)62-58(50)56(53)40-15-11-16-42(36-40)60-51-23-7-3-17-45(51)46-18-4-8-24-52(46)60/h1-36H. The zero-order valence-electron chi connectivity index (χ0n) is 33.5. The zero-order chi connectivity index (χ0) is 40.7. The summed E-state index contributed by atoms with van der Waals surface area (Å²) in [5, 5.41) is 9.24. The number of aromatic nitrogens is 1. The van der Waals surface area contributed by atoms with Gasteiger partial charge >= 0.3 is 0 Å². The second-order valence-electron chi connectivity index (χ2n) is 16.0. The molecule has 3 aromatic heterocycles.